The topological polar surface area (TPSA) is 49.7 Å². The van der Waals surface area contributed by atoms with E-state index in [-0.39, 0.29) is 19.3 Å². The van der Waals surface area contributed by atoms with Crippen molar-refractivity contribution in [1.82, 2.24) is 0 Å². The third kappa shape index (κ3) is 4.70. The lowest BCUT2D eigenvalue weighted by Crippen LogP contribution is -2.13. The molecular weight excluding hydrogens is 300 g/mol. The van der Waals surface area contributed by atoms with E-state index in [4.69, 9.17) is 4.74 Å². The van der Waals surface area contributed by atoms with E-state index in [0.29, 0.717) is 16.9 Å². The van der Waals surface area contributed by atoms with E-state index in [1.54, 1.807) is 0 Å². The van der Waals surface area contributed by atoms with Gasteiger partial charge in [0.15, 0.2) is 0 Å². The highest BCUT2D eigenvalue weighted by molar-refractivity contribution is 5.71. The molecule has 0 heterocycles. The second-order valence-corrected chi connectivity index (χ2v) is 6.07. The van der Waals surface area contributed by atoms with Crippen LogP contribution in [0.25, 0.3) is 12.2 Å². The molecule has 0 aliphatic heterocycles. The van der Waals surface area contributed by atoms with E-state index in [1.807, 2.05) is 38.1 Å². The number of hydrogen-bond donors (Lipinski definition) is 2. The number of ether oxygens (including phenoxy) is 1. The van der Waals surface area contributed by atoms with Gasteiger partial charge in [-0.1, -0.05) is 48.9 Å². The van der Waals surface area contributed by atoms with Gasteiger partial charge in [0.1, 0.15) is 5.75 Å². The molecule has 0 saturated carbocycles. The van der Waals surface area contributed by atoms with Crippen molar-refractivity contribution in [3.8, 4) is 5.75 Å². The van der Waals surface area contributed by atoms with E-state index in [1.165, 1.54) is 5.56 Å². The lowest BCUT2D eigenvalue weighted by Gasteiger charge is -2.19. The Morgan fingerprint density at radius 3 is 2.00 bits per heavy atom. The average Bonchev–Trinajstić information content (AvgIpc) is 2.61. The highest BCUT2D eigenvalue weighted by Gasteiger charge is 2.13. The normalized spacial score (nSPS) is 12.5. The lowest BCUT2D eigenvalue weighted by molar-refractivity contribution is 0.196. The molecule has 0 radical (unpaired) electrons. The maximum atomic E-state index is 9.68. The standard InChI is InChI=1S/C21H26O3/c1-4-16(3)24-21-19(13-22)11-18(12-20(21)14-23)10-9-17-7-5-15(2)6-8-17/h5-12,16,22-23H,4,13-14H2,1-3H3/b10-9+. The Bertz CT molecular complexity index is 662. The van der Waals surface area contributed by atoms with Gasteiger partial charge in [-0.2, -0.15) is 0 Å². The molecule has 128 valence electrons. The third-order valence-electron chi connectivity index (χ3n) is 4.05. The quantitative estimate of drug-likeness (QED) is 0.745. The Balaban J connectivity index is 2.32. The van der Waals surface area contributed by atoms with Gasteiger partial charge < -0.3 is 14.9 Å². The van der Waals surface area contributed by atoms with Gasteiger partial charge in [0.2, 0.25) is 0 Å². The summed E-state index contributed by atoms with van der Waals surface area (Å²) in [6, 6.07) is 12.1. The van der Waals surface area contributed by atoms with Crippen LogP contribution in [0.3, 0.4) is 0 Å². The number of aryl methyl sites for hydroxylation is 1. The minimum Gasteiger partial charge on any atom is -0.490 e. The maximum Gasteiger partial charge on any atom is 0.130 e. The molecule has 2 aromatic rings. The van der Waals surface area contributed by atoms with E-state index in [0.717, 1.165) is 17.5 Å². The first-order valence-electron chi connectivity index (χ1n) is 8.36. The zero-order chi connectivity index (χ0) is 17.5. The van der Waals surface area contributed by atoms with Crippen molar-refractivity contribution in [2.24, 2.45) is 0 Å². The smallest absolute Gasteiger partial charge is 0.130 e. The molecule has 3 nitrogen and oxygen atoms in total. The van der Waals surface area contributed by atoms with Crippen LogP contribution < -0.4 is 4.74 Å². The molecule has 0 amide bonds. The number of benzene rings is 2. The Hall–Kier alpha value is -2.10. The molecule has 24 heavy (non-hydrogen) atoms. The van der Waals surface area contributed by atoms with Crippen LogP contribution in [0.2, 0.25) is 0 Å². The van der Waals surface area contributed by atoms with Crippen molar-refractivity contribution < 1.29 is 14.9 Å². The number of aliphatic hydroxyl groups excluding tert-OH is 2. The predicted molar refractivity (Wildman–Crippen MR) is 98.8 cm³/mol. The van der Waals surface area contributed by atoms with E-state index >= 15 is 0 Å². The maximum absolute atomic E-state index is 9.68. The van der Waals surface area contributed by atoms with Gasteiger partial charge in [-0.05, 0) is 43.5 Å². The van der Waals surface area contributed by atoms with Crippen molar-refractivity contribution in [3.05, 3.63) is 64.2 Å². The second-order valence-electron chi connectivity index (χ2n) is 6.07. The van der Waals surface area contributed by atoms with Gasteiger partial charge in [0.25, 0.3) is 0 Å². The Morgan fingerprint density at radius 1 is 0.958 bits per heavy atom. The summed E-state index contributed by atoms with van der Waals surface area (Å²) in [7, 11) is 0. The molecule has 0 aliphatic carbocycles. The largest absolute Gasteiger partial charge is 0.490 e. The van der Waals surface area contributed by atoms with Gasteiger partial charge in [-0.25, -0.2) is 0 Å². The van der Waals surface area contributed by atoms with Crippen LogP contribution in [0.1, 0.15) is 48.1 Å². The van der Waals surface area contributed by atoms with Crippen LogP contribution in [0, 0.1) is 6.92 Å². The van der Waals surface area contributed by atoms with Crippen molar-refractivity contribution >= 4 is 12.2 Å². The van der Waals surface area contributed by atoms with E-state index in [9.17, 15) is 10.2 Å². The molecule has 2 rings (SSSR count). The molecule has 0 bridgehead atoms. The minimum atomic E-state index is -0.120. The number of rotatable bonds is 7. The van der Waals surface area contributed by atoms with Crippen LogP contribution >= 0.6 is 0 Å². The highest BCUT2D eigenvalue weighted by atomic mass is 16.5. The fourth-order valence-corrected chi connectivity index (χ4v) is 2.42. The van der Waals surface area contributed by atoms with Crippen molar-refractivity contribution in [2.45, 2.75) is 46.5 Å². The summed E-state index contributed by atoms with van der Waals surface area (Å²) >= 11 is 0. The summed E-state index contributed by atoms with van der Waals surface area (Å²) in [5.41, 5.74) is 4.66. The van der Waals surface area contributed by atoms with Crippen molar-refractivity contribution in [3.63, 3.8) is 0 Å². The van der Waals surface area contributed by atoms with E-state index < -0.39 is 0 Å². The third-order valence-corrected chi connectivity index (χ3v) is 4.05. The van der Waals surface area contributed by atoms with Crippen LogP contribution in [0.4, 0.5) is 0 Å². The molecule has 0 aromatic heterocycles. The van der Waals surface area contributed by atoms with Gasteiger partial charge in [0.05, 0.1) is 19.3 Å². The average molecular weight is 326 g/mol. The van der Waals surface area contributed by atoms with Crippen LogP contribution in [0.5, 0.6) is 5.75 Å². The molecule has 1 unspecified atom stereocenters. The molecule has 1 atom stereocenters. The molecule has 0 spiro atoms. The van der Waals surface area contributed by atoms with Crippen LogP contribution in [-0.4, -0.2) is 16.3 Å². The second kappa shape index (κ2) is 8.67. The van der Waals surface area contributed by atoms with Crippen molar-refractivity contribution in [1.29, 1.82) is 0 Å². The predicted octanol–water partition coefficient (Wildman–Crippen LogP) is 4.33. The molecule has 0 fully saturated rings. The first-order valence-corrected chi connectivity index (χ1v) is 8.36. The zero-order valence-electron chi connectivity index (χ0n) is 14.6. The van der Waals surface area contributed by atoms with Gasteiger partial charge in [-0.3, -0.25) is 0 Å². The molecule has 0 aliphatic rings. The molecule has 0 saturated heterocycles. The van der Waals surface area contributed by atoms with Gasteiger partial charge >= 0.3 is 0 Å². The summed E-state index contributed by atoms with van der Waals surface area (Å²) in [6.45, 7) is 5.84. The Kier molecular flexibility index (Phi) is 6.59. The molecule has 2 aromatic carbocycles. The Labute approximate surface area is 144 Å². The van der Waals surface area contributed by atoms with Crippen LogP contribution in [0.15, 0.2) is 36.4 Å². The number of aliphatic hydroxyl groups is 2. The monoisotopic (exact) mass is 326 g/mol. The Morgan fingerprint density at radius 2 is 1.50 bits per heavy atom. The van der Waals surface area contributed by atoms with Crippen molar-refractivity contribution in [2.75, 3.05) is 0 Å². The van der Waals surface area contributed by atoms with Gasteiger partial charge in [-0.15, -0.1) is 0 Å². The van der Waals surface area contributed by atoms with E-state index in [2.05, 4.69) is 31.2 Å². The zero-order valence-corrected chi connectivity index (χ0v) is 14.6. The minimum absolute atomic E-state index is 0.0366. The molecule has 2 N–H and O–H groups in total. The molecular formula is C21H26O3. The lowest BCUT2D eigenvalue weighted by atomic mass is 10.0. The summed E-state index contributed by atoms with van der Waals surface area (Å²) in [5.74, 6) is 0.599. The molecule has 3 heteroatoms. The summed E-state index contributed by atoms with van der Waals surface area (Å²) in [6.07, 6.45) is 4.90. The summed E-state index contributed by atoms with van der Waals surface area (Å²) < 4.78 is 5.89. The SMILES string of the molecule is CCC(C)Oc1c(CO)cc(/C=C/c2ccc(C)cc2)cc1CO. The summed E-state index contributed by atoms with van der Waals surface area (Å²) in [4.78, 5) is 0. The summed E-state index contributed by atoms with van der Waals surface area (Å²) in [5, 5.41) is 19.4. The highest BCUT2D eigenvalue weighted by Crippen LogP contribution is 2.29. The van der Waals surface area contributed by atoms with Gasteiger partial charge in [0, 0.05) is 11.1 Å². The fourth-order valence-electron chi connectivity index (χ4n) is 2.42. The fraction of sp³-hybridized carbons (Fsp3) is 0.333. The number of hydrogen-bond acceptors (Lipinski definition) is 3. The first-order chi connectivity index (χ1) is 11.6. The van der Waals surface area contributed by atoms with Crippen LogP contribution in [-0.2, 0) is 13.2 Å². The first kappa shape index (κ1) is 18.2.